The van der Waals surface area contributed by atoms with Gasteiger partial charge in [0.25, 0.3) is 0 Å². The molecule has 0 atom stereocenters. The second-order valence-electron chi connectivity index (χ2n) is 7.03. The van der Waals surface area contributed by atoms with Crippen molar-refractivity contribution < 1.29 is 14.3 Å². The minimum absolute atomic E-state index is 0.117. The molecule has 0 fully saturated rings. The molecule has 1 amide bonds. The summed E-state index contributed by atoms with van der Waals surface area (Å²) in [6, 6.07) is 11.3. The van der Waals surface area contributed by atoms with Gasteiger partial charge in [-0.3, -0.25) is 14.5 Å². The predicted octanol–water partition coefficient (Wildman–Crippen LogP) is 5.66. The normalized spacial score (nSPS) is 11.0. The SMILES string of the molecule is COc1cc(C)ccc1C(=O)/C=C\c1csc(N(C(C)=O)c2cccc(C)c2C)n1. The highest BCUT2D eigenvalue weighted by molar-refractivity contribution is 7.14. The maximum atomic E-state index is 12.6. The Kier molecular flexibility index (Phi) is 6.47. The van der Waals surface area contributed by atoms with E-state index in [1.54, 1.807) is 24.2 Å². The van der Waals surface area contributed by atoms with Crippen molar-refractivity contribution in [3.05, 3.63) is 75.8 Å². The first kappa shape index (κ1) is 21.5. The van der Waals surface area contributed by atoms with Gasteiger partial charge in [-0.1, -0.05) is 18.2 Å². The molecule has 0 spiro atoms. The van der Waals surface area contributed by atoms with E-state index in [9.17, 15) is 9.59 Å². The number of nitrogens with zero attached hydrogens (tertiary/aromatic N) is 2. The minimum Gasteiger partial charge on any atom is -0.496 e. The van der Waals surface area contributed by atoms with Crippen molar-refractivity contribution in [3.63, 3.8) is 0 Å². The van der Waals surface area contributed by atoms with Gasteiger partial charge in [0, 0.05) is 12.3 Å². The first-order valence-electron chi connectivity index (χ1n) is 9.51. The number of aryl methyl sites for hydroxylation is 2. The van der Waals surface area contributed by atoms with Crippen LogP contribution in [0.5, 0.6) is 5.75 Å². The van der Waals surface area contributed by atoms with E-state index in [1.807, 2.05) is 56.5 Å². The van der Waals surface area contributed by atoms with Gasteiger partial charge in [-0.2, -0.15) is 0 Å². The summed E-state index contributed by atoms with van der Waals surface area (Å²) in [6.45, 7) is 7.47. The molecule has 5 nitrogen and oxygen atoms in total. The van der Waals surface area contributed by atoms with E-state index in [0.717, 1.165) is 22.4 Å². The largest absolute Gasteiger partial charge is 0.496 e. The fourth-order valence-electron chi connectivity index (χ4n) is 3.09. The number of carbonyl (C=O) groups is 2. The second-order valence-corrected chi connectivity index (χ2v) is 7.87. The Hall–Kier alpha value is -3.25. The number of ketones is 1. The molecule has 0 unspecified atom stereocenters. The van der Waals surface area contributed by atoms with Gasteiger partial charge in [0.1, 0.15) is 5.75 Å². The van der Waals surface area contributed by atoms with Gasteiger partial charge in [0.2, 0.25) is 5.91 Å². The highest BCUT2D eigenvalue weighted by Gasteiger charge is 2.20. The van der Waals surface area contributed by atoms with Gasteiger partial charge in [0.15, 0.2) is 10.9 Å². The zero-order valence-corrected chi connectivity index (χ0v) is 18.5. The molecule has 0 aliphatic heterocycles. The maximum Gasteiger partial charge on any atom is 0.230 e. The topological polar surface area (TPSA) is 59.5 Å². The molecule has 0 aliphatic rings. The van der Waals surface area contributed by atoms with E-state index >= 15 is 0 Å². The zero-order chi connectivity index (χ0) is 21.8. The van der Waals surface area contributed by atoms with Crippen molar-refractivity contribution in [2.75, 3.05) is 12.0 Å². The summed E-state index contributed by atoms with van der Waals surface area (Å²) >= 11 is 1.36. The number of carbonyl (C=O) groups excluding carboxylic acids is 2. The van der Waals surface area contributed by atoms with Gasteiger partial charge in [-0.05, 0) is 67.8 Å². The third-order valence-electron chi connectivity index (χ3n) is 4.86. The molecule has 0 saturated carbocycles. The van der Waals surface area contributed by atoms with Crippen molar-refractivity contribution in [3.8, 4) is 5.75 Å². The standard InChI is InChI=1S/C24H24N2O3S/c1-15-9-11-20(23(13-15)29-5)22(28)12-10-19-14-30-24(25-19)26(18(4)27)21-8-6-7-16(2)17(21)3/h6-14H,1-5H3/b12-10-. The lowest BCUT2D eigenvalue weighted by Crippen LogP contribution is -2.23. The van der Waals surface area contributed by atoms with Crippen LogP contribution in [0, 0.1) is 20.8 Å². The van der Waals surface area contributed by atoms with Crippen LogP contribution in [-0.2, 0) is 4.79 Å². The minimum atomic E-state index is -0.167. The van der Waals surface area contributed by atoms with E-state index < -0.39 is 0 Å². The molecule has 154 valence electrons. The van der Waals surface area contributed by atoms with Gasteiger partial charge < -0.3 is 4.74 Å². The van der Waals surface area contributed by atoms with E-state index in [4.69, 9.17) is 4.74 Å². The van der Waals surface area contributed by atoms with Crippen molar-refractivity contribution >= 4 is 39.9 Å². The van der Waals surface area contributed by atoms with Crippen molar-refractivity contribution in [1.29, 1.82) is 0 Å². The first-order valence-corrected chi connectivity index (χ1v) is 10.4. The Bertz CT molecular complexity index is 1130. The smallest absolute Gasteiger partial charge is 0.230 e. The number of benzene rings is 2. The molecule has 0 radical (unpaired) electrons. The molecular weight excluding hydrogens is 396 g/mol. The highest BCUT2D eigenvalue weighted by Crippen LogP contribution is 2.32. The number of methoxy groups -OCH3 is 1. The van der Waals surface area contributed by atoms with Gasteiger partial charge in [-0.15, -0.1) is 11.3 Å². The summed E-state index contributed by atoms with van der Waals surface area (Å²) in [5.41, 5.74) is 5.08. The summed E-state index contributed by atoms with van der Waals surface area (Å²) in [5.74, 6) is 0.259. The second kappa shape index (κ2) is 9.05. The molecule has 1 heterocycles. The van der Waals surface area contributed by atoms with Crippen molar-refractivity contribution in [2.45, 2.75) is 27.7 Å². The number of hydrogen-bond donors (Lipinski definition) is 0. The fourth-order valence-corrected chi connectivity index (χ4v) is 3.94. The zero-order valence-electron chi connectivity index (χ0n) is 17.7. The summed E-state index contributed by atoms with van der Waals surface area (Å²) in [6.07, 6.45) is 3.13. The van der Waals surface area contributed by atoms with Crippen LogP contribution in [0.2, 0.25) is 0 Å². The van der Waals surface area contributed by atoms with Crippen LogP contribution in [0.15, 0.2) is 47.9 Å². The van der Waals surface area contributed by atoms with Crippen molar-refractivity contribution in [2.24, 2.45) is 0 Å². The Morgan fingerprint density at radius 2 is 1.90 bits per heavy atom. The summed E-state index contributed by atoms with van der Waals surface area (Å²) in [4.78, 5) is 31.1. The molecule has 2 aromatic carbocycles. The first-order chi connectivity index (χ1) is 14.3. The third kappa shape index (κ3) is 4.49. The van der Waals surface area contributed by atoms with Gasteiger partial charge in [0.05, 0.1) is 24.1 Å². The third-order valence-corrected chi connectivity index (χ3v) is 5.70. The van der Waals surface area contributed by atoms with E-state index in [-0.39, 0.29) is 11.7 Å². The summed E-state index contributed by atoms with van der Waals surface area (Å²) < 4.78 is 5.32. The number of thiazole rings is 1. The van der Waals surface area contributed by atoms with Crippen LogP contribution in [-0.4, -0.2) is 23.8 Å². The van der Waals surface area contributed by atoms with Gasteiger partial charge >= 0.3 is 0 Å². The number of anilines is 2. The van der Waals surface area contributed by atoms with Crippen LogP contribution in [0.1, 0.15) is 39.7 Å². The van der Waals surface area contributed by atoms with Crippen LogP contribution in [0.4, 0.5) is 10.8 Å². The number of amides is 1. The number of allylic oxidation sites excluding steroid dienone is 1. The molecule has 3 rings (SSSR count). The Morgan fingerprint density at radius 1 is 1.13 bits per heavy atom. The van der Waals surface area contributed by atoms with Crippen LogP contribution in [0.25, 0.3) is 6.08 Å². The lowest BCUT2D eigenvalue weighted by Gasteiger charge is -2.21. The molecular formula is C24H24N2O3S. The summed E-state index contributed by atoms with van der Waals surface area (Å²) in [7, 11) is 1.55. The number of ether oxygens (including phenoxy) is 1. The van der Waals surface area contributed by atoms with Crippen LogP contribution >= 0.6 is 11.3 Å². The predicted molar refractivity (Wildman–Crippen MR) is 122 cm³/mol. The molecule has 3 aromatic rings. The summed E-state index contributed by atoms with van der Waals surface area (Å²) in [5, 5.41) is 2.39. The fraction of sp³-hybridized carbons (Fsp3) is 0.208. The number of hydrogen-bond acceptors (Lipinski definition) is 5. The average Bonchev–Trinajstić information content (AvgIpc) is 3.17. The Labute approximate surface area is 180 Å². The van der Waals surface area contributed by atoms with Crippen LogP contribution < -0.4 is 9.64 Å². The lowest BCUT2D eigenvalue weighted by molar-refractivity contribution is -0.115. The monoisotopic (exact) mass is 420 g/mol. The molecule has 0 saturated heterocycles. The maximum absolute atomic E-state index is 12.6. The molecule has 30 heavy (non-hydrogen) atoms. The lowest BCUT2D eigenvalue weighted by atomic mass is 10.1. The molecule has 0 bridgehead atoms. The van der Waals surface area contributed by atoms with E-state index in [2.05, 4.69) is 4.98 Å². The number of aromatic nitrogens is 1. The van der Waals surface area contributed by atoms with E-state index in [0.29, 0.717) is 22.1 Å². The Morgan fingerprint density at radius 3 is 2.60 bits per heavy atom. The molecule has 0 N–H and O–H groups in total. The quantitative estimate of drug-likeness (QED) is 0.381. The Balaban J connectivity index is 1.87. The van der Waals surface area contributed by atoms with Crippen LogP contribution in [0.3, 0.4) is 0 Å². The molecule has 0 aliphatic carbocycles. The van der Waals surface area contributed by atoms with E-state index in [1.165, 1.54) is 24.3 Å². The molecule has 1 aromatic heterocycles. The van der Waals surface area contributed by atoms with Gasteiger partial charge in [-0.25, -0.2) is 4.98 Å². The molecule has 6 heteroatoms. The van der Waals surface area contributed by atoms with Crippen molar-refractivity contribution in [1.82, 2.24) is 4.98 Å². The average molecular weight is 421 g/mol. The highest BCUT2D eigenvalue weighted by atomic mass is 32.1. The number of rotatable bonds is 6.